The SMILES string of the molecule is CCOC(=O)c1ccc(=O)n(CCc2ccccc2)c1. The summed E-state index contributed by atoms with van der Waals surface area (Å²) in [7, 11) is 0. The number of hydrogen-bond donors (Lipinski definition) is 0. The number of ether oxygens (including phenoxy) is 1. The molecule has 0 bridgehead atoms. The molecule has 0 aliphatic heterocycles. The highest BCUT2D eigenvalue weighted by Gasteiger charge is 2.08. The van der Waals surface area contributed by atoms with Gasteiger partial charge in [-0.25, -0.2) is 4.79 Å². The summed E-state index contributed by atoms with van der Waals surface area (Å²) >= 11 is 0. The third-order valence-corrected chi connectivity index (χ3v) is 2.98. The van der Waals surface area contributed by atoms with Crippen LogP contribution in [0.3, 0.4) is 0 Å². The summed E-state index contributed by atoms with van der Waals surface area (Å²) in [4.78, 5) is 23.4. The second-order valence-corrected chi connectivity index (χ2v) is 4.41. The van der Waals surface area contributed by atoms with Crippen LogP contribution in [0.25, 0.3) is 0 Å². The molecule has 0 amide bonds. The molecule has 104 valence electrons. The van der Waals surface area contributed by atoms with Gasteiger partial charge in [-0.3, -0.25) is 4.79 Å². The number of aromatic nitrogens is 1. The minimum Gasteiger partial charge on any atom is -0.462 e. The lowest BCUT2D eigenvalue weighted by Gasteiger charge is -2.08. The van der Waals surface area contributed by atoms with Crippen molar-refractivity contribution < 1.29 is 9.53 Å². The normalized spacial score (nSPS) is 10.2. The molecule has 0 saturated heterocycles. The molecule has 0 aliphatic rings. The Balaban J connectivity index is 2.13. The molecule has 4 heteroatoms. The average Bonchev–Trinajstić information content (AvgIpc) is 2.47. The Morgan fingerprint density at radius 3 is 2.60 bits per heavy atom. The smallest absolute Gasteiger partial charge is 0.339 e. The van der Waals surface area contributed by atoms with Gasteiger partial charge in [0.15, 0.2) is 0 Å². The molecule has 0 fully saturated rings. The predicted molar refractivity (Wildman–Crippen MR) is 76.8 cm³/mol. The van der Waals surface area contributed by atoms with E-state index in [-0.39, 0.29) is 5.56 Å². The number of carbonyl (C=O) groups excluding carboxylic acids is 1. The van der Waals surface area contributed by atoms with Crippen molar-refractivity contribution in [3.63, 3.8) is 0 Å². The van der Waals surface area contributed by atoms with Gasteiger partial charge < -0.3 is 9.30 Å². The Labute approximate surface area is 117 Å². The molecule has 0 aliphatic carbocycles. The second-order valence-electron chi connectivity index (χ2n) is 4.41. The van der Waals surface area contributed by atoms with Gasteiger partial charge >= 0.3 is 5.97 Å². The number of hydrogen-bond acceptors (Lipinski definition) is 3. The lowest BCUT2D eigenvalue weighted by atomic mass is 10.1. The van der Waals surface area contributed by atoms with Crippen molar-refractivity contribution in [2.45, 2.75) is 19.9 Å². The summed E-state index contributed by atoms with van der Waals surface area (Å²) in [5.74, 6) is -0.402. The average molecular weight is 271 g/mol. The van der Waals surface area contributed by atoms with Crippen LogP contribution in [0.2, 0.25) is 0 Å². The van der Waals surface area contributed by atoms with Crippen LogP contribution < -0.4 is 5.56 Å². The number of rotatable bonds is 5. The van der Waals surface area contributed by atoms with Gasteiger partial charge in [-0.2, -0.15) is 0 Å². The van der Waals surface area contributed by atoms with Crippen LogP contribution in [0.5, 0.6) is 0 Å². The standard InChI is InChI=1S/C16H17NO3/c1-2-20-16(19)14-8-9-15(18)17(12-14)11-10-13-6-4-3-5-7-13/h3-9,12H,2,10-11H2,1H3. The lowest BCUT2D eigenvalue weighted by molar-refractivity contribution is 0.0525. The van der Waals surface area contributed by atoms with E-state index in [1.807, 2.05) is 30.3 Å². The van der Waals surface area contributed by atoms with Crippen molar-refractivity contribution in [1.82, 2.24) is 4.57 Å². The Morgan fingerprint density at radius 2 is 1.90 bits per heavy atom. The lowest BCUT2D eigenvalue weighted by Crippen LogP contribution is -2.21. The summed E-state index contributed by atoms with van der Waals surface area (Å²) in [5, 5.41) is 0. The van der Waals surface area contributed by atoms with Crippen LogP contribution in [0, 0.1) is 0 Å². The third-order valence-electron chi connectivity index (χ3n) is 2.98. The van der Waals surface area contributed by atoms with Crippen molar-refractivity contribution in [2.75, 3.05) is 6.61 Å². The van der Waals surface area contributed by atoms with Crippen LogP contribution in [0.1, 0.15) is 22.8 Å². The molecule has 1 aromatic carbocycles. The van der Waals surface area contributed by atoms with Gasteiger partial charge in [0.1, 0.15) is 0 Å². The molecule has 0 saturated carbocycles. The first-order chi connectivity index (χ1) is 9.70. The van der Waals surface area contributed by atoms with E-state index in [0.717, 1.165) is 12.0 Å². The first kappa shape index (κ1) is 14.1. The molecule has 0 unspecified atom stereocenters. The van der Waals surface area contributed by atoms with Crippen molar-refractivity contribution in [3.05, 3.63) is 70.1 Å². The maximum absolute atomic E-state index is 11.8. The quantitative estimate of drug-likeness (QED) is 0.784. The minimum absolute atomic E-state index is 0.117. The molecule has 1 heterocycles. The van der Waals surface area contributed by atoms with Gasteiger partial charge in [0, 0.05) is 18.8 Å². The number of nitrogens with zero attached hydrogens (tertiary/aromatic N) is 1. The molecule has 1 aromatic heterocycles. The number of pyridine rings is 1. The van der Waals surface area contributed by atoms with Crippen molar-refractivity contribution >= 4 is 5.97 Å². The number of esters is 1. The highest BCUT2D eigenvalue weighted by atomic mass is 16.5. The molecular weight excluding hydrogens is 254 g/mol. The largest absolute Gasteiger partial charge is 0.462 e. The van der Waals surface area contributed by atoms with Crippen LogP contribution >= 0.6 is 0 Å². The zero-order valence-electron chi connectivity index (χ0n) is 11.4. The predicted octanol–water partition coefficient (Wildman–Crippen LogP) is 2.27. The number of benzene rings is 1. The van der Waals surface area contributed by atoms with Crippen LogP contribution in [0.4, 0.5) is 0 Å². The Kier molecular flexibility index (Phi) is 4.71. The molecule has 4 nitrogen and oxygen atoms in total. The van der Waals surface area contributed by atoms with Crippen molar-refractivity contribution in [3.8, 4) is 0 Å². The zero-order chi connectivity index (χ0) is 14.4. The molecule has 2 aromatic rings. The van der Waals surface area contributed by atoms with E-state index in [0.29, 0.717) is 18.7 Å². The van der Waals surface area contributed by atoms with Gasteiger partial charge in [0.2, 0.25) is 0 Å². The molecule has 0 N–H and O–H groups in total. The first-order valence-corrected chi connectivity index (χ1v) is 6.62. The first-order valence-electron chi connectivity index (χ1n) is 6.62. The summed E-state index contributed by atoms with van der Waals surface area (Å²) < 4.78 is 6.47. The van der Waals surface area contributed by atoms with Gasteiger partial charge in [-0.1, -0.05) is 30.3 Å². The fraction of sp³-hybridized carbons (Fsp3) is 0.250. The fourth-order valence-corrected chi connectivity index (χ4v) is 1.94. The van der Waals surface area contributed by atoms with E-state index in [4.69, 9.17) is 4.74 Å². The van der Waals surface area contributed by atoms with Gasteiger partial charge in [-0.15, -0.1) is 0 Å². The monoisotopic (exact) mass is 271 g/mol. The molecule has 20 heavy (non-hydrogen) atoms. The number of carbonyl (C=O) groups is 1. The molecule has 0 atom stereocenters. The van der Waals surface area contributed by atoms with Crippen LogP contribution in [-0.2, 0) is 17.7 Å². The van der Waals surface area contributed by atoms with Crippen LogP contribution in [-0.4, -0.2) is 17.1 Å². The van der Waals surface area contributed by atoms with Crippen LogP contribution in [0.15, 0.2) is 53.5 Å². The van der Waals surface area contributed by atoms with E-state index in [2.05, 4.69) is 0 Å². The topological polar surface area (TPSA) is 48.3 Å². The second kappa shape index (κ2) is 6.70. The van der Waals surface area contributed by atoms with Crippen molar-refractivity contribution in [1.29, 1.82) is 0 Å². The molecule has 2 rings (SSSR count). The maximum atomic E-state index is 11.8. The van der Waals surface area contributed by atoms with Crippen molar-refractivity contribution in [2.24, 2.45) is 0 Å². The van der Waals surface area contributed by atoms with Gasteiger partial charge in [0.25, 0.3) is 5.56 Å². The Morgan fingerprint density at radius 1 is 1.15 bits per heavy atom. The summed E-state index contributed by atoms with van der Waals surface area (Å²) in [6.07, 6.45) is 2.30. The Hall–Kier alpha value is -2.36. The zero-order valence-corrected chi connectivity index (χ0v) is 11.4. The molecule has 0 spiro atoms. The fourth-order valence-electron chi connectivity index (χ4n) is 1.94. The summed E-state index contributed by atoms with van der Waals surface area (Å²) in [5.41, 5.74) is 1.44. The van der Waals surface area contributed by atoms with E-state index in [1.165, 1.54) is 12.1 Å². The van der Waals surface area contributed by atoms with Gasteiger partial charge in [0.05, 0.1) is 12.2 Å². The highest BCUT2D eigenvalue weighted by Crippen LogP contribution is 2.03. The number of aryl methyl sites for hydroxylation is 2. The summed E-state index contributed by atoms with van der Waals surface area (Å²) in [6, 6.07) is 12.8. The Bertz CT molecular complexity index is 632. The van der Waals surface area contributed by atoms with E-state index < -0.39 is 5.97 Å². The molecule has 0 radical (unpaired) electrons. The van der Waals surface area contributed by atoms with E-state index in [9.17, 15) is 9.59 Å². The van der Waals surface area contributed by atoms with Gasteiger partial charge in [-0.05, 0) is 25.0 Å². The molecular formula is C16H17NO3. The minimum atomic E-state index is -0.402. The summed E-state index contributed by atoms with van der Waals surface area (Å²) in [6.45, 7) is 2.61. The van der Waals surface area contributed by atoms with E-state index >= 15 is 0 Å². The van der Waals surface area contributed by atoms with E-state index in [1.54, 1.807) is 17.7 Å². The highest BCUT2D eigenvalue weighted by molar-refractivity contribution is 5.88. The third kappa shape index (κ3) is 3.57. The maximum Gasteiger partial charge on any atom is 0.339 e.